The van der Waals surface area contributed by atoms with Gasteiger partial charge in [0.2, 0.25) is 0 Å². The van der Waals surface area contributed by atoms with Crippen molar-refractivity contribution in [2.75, 3.05) is 12.3 Å². The minimum absolute atomic E-state index is 0.0187. The van der Waals surface area contributed by atoms with Crippen molar-refractivity contribution in [3.05, 3.63) is 53.0 Å². The molecule has 0 aliphatic rings. The summed E-state index contributed by atoms with van der Waals surface area (Å²) >= 11 is 0. The molecule has 6 heteroatoms. The summed E-state index contributed by atoms with van der Waals surface area (Å²) in [5, 5.41) is 2.65. The molecule has 1 amide bonds. The molecule has 5 nitrogen and oxygen atoms in total. The number of nitrogens with two attached hydrogens (primary N) is 1. The van der Waals surface area contributed by atoms with Gasteiger partial charge in [-0.25, -0.2) is 9.37 Å². The van der Waals surface area contributed by atoms with Gasteiger partial charge in [-0.1, -0.05) is 25.0 Å². The number of carbonyl (C=O) groups excluding carboxylic acids is 1. The van der Waals surface area contributed by atoms with Crippen molar-refractivity contribution in [2.24, 2.45) is 0 Å². The van der Waals surface area contributed by atoms with Crippen LogP contribution in [0.1, 0.15) is 41.4 Å². The van der Waals surface area contributed by atoms with Crippen molar-refractivity contribution >= 4 is 11.7 Å². The average molecular weight is 355 g/mol. The number of hydrogen-bond donors (Lipinski definition) is 2. The number of rotatable bonds is 6. The monoisotopic (exact) mass is 355 g/mol. The SMILES string of the molecule is CCC#CCCOc1cccc(CNC(=O)c2ccc(C)nc2N)c1F. The van der Waals surface area contributed by atoms with E-state index in [1.165, 1.54) is 0 Å². The van der Waals surface area contributed by atoms with Gasteiger partial charge in [0, 0.05) is 30.6 Å². The van der Waals surface area contributed by atoms with Gasteiger partial charge in [-0.05, 0) is 25.1 Å². The summed E-state index contributed by atoms with van der Waals surface area (Å²) in [6.07, 6.45) is 1.32. The first-order chi connectivity index (χ1) is 12.5. The molecule has 1 aromatic heterocycles. The maximum absolute atomic E-state index is 14.5. The van der Waals surface area contributed by atoms with E-state index in [2.05, 4.69) is 22.1 Å². The van der Waals surface area contributed by atoms with Crippen molar-refractivity contribution in [1.82, 2.24) is 10.3 Å². The van der Waals surface area contributed by atoms with E-state index < -0.39 is 11.7 Å². The molecular weight excluding hydrogens is 333 g/mol. The van der Waals surface area contributed by atoms with Crippen LogP contribution in [0.4, 0.5) is 10.2 Å². The van der Waals surface area contributed by atoms with E-state index >= 15 is 0 Å². The number of benzene rings is 1. The van der Waals surface area contributed by atoms with E-state index in [-0.39, 0.29) is 23.7 Å². The van der Waals surface area contributed by atoms with Crippen LogP contribution in [-0.2, 0) is 6.54 Å². The van der Waals surface area contributed by atoms with Crippen molar-refractivity contribution in [3.8, 4) is 17.6 Å². The van der Waals surface area contributed by atoms with Gasteiger partial charge in [-0.3, -0.25) is 4.79 Å². The zero-order chi connectivity index (χ0) is 18.9. The molecule has 0 bridgehead atoms. The van der Waals surface area contributed by atoms with E-state index in [1.807, 2.05) is 6.92 Å². The van der Waals surface area contributed by atoms with Crippen LogP contribution in [0.3, 0.4) is 0 Å². The van der Waals surface area contributed by atoms with Crippen molar-refractivity contribution < 1.29 is 13.9 Å². The highest BCUT2D eigenvalue weighted by Gasteiger charge is 2.13. The normalized spacial score (nSPS) is 9.96. The molecule has 0 aliphatic carbocycles. The topological polar surface area (TPSA) is 77.2 Å². The summed E-state index contributed by atoms with van der Waals surface area (Å²) in [6.45, 7) is 4.08. The number of nitrogens with one attached hydrogen (secondary N) is 1. The Morgan fingerprint density at radius 2 is 2.12 bits per heavy atom. The highest BCUT2D eigenvalue weighted by Crippen LogP contribution is 2.21. The number of nitrogen functional groups attached to an aromatic ring is 1. The Morgan fingerprint density at radius 3 is 2.85 bits per heavy atom. The minimum atomic E-state index is -0.494. The van der Waals surface area contributed by atoms with Gasteiger partial charge in [0.15, 0.2) is 11.6 Å². The molecule has 1 aromatic carbocycles. The lowest BCUT2D eigenvalue weighted by Crippen LogP contribution is -2.24. The van der Waals surface area contributed by atoms with Crippen LogP contribution < -0.4 is 15.8 Å². The van der Waals surface area contributed by atoms with Crippen LogP contribution in [0.5, 0.6) is 5.75 Å². The summed E-state index contributed by atoms with van der Waals surface area (Å²) < 4.78 is 19.9. The lowest BCUT2D eigenvalue weighted by Gasteiger charge is -2.11. The van der Waals surface area contributed by atoms with E-state index in [0.717, 1.165) is 12.1 Å². The molecule has 0 spiro atoms. The number of nitrogens with zero attached hydrogens (tertiary/aromatic N) is 1. The fourth-order valence-corrected chi connectivity index (χ4v) is 2.27. The van der Waals surface area contributed by atoms with Crippen LogP contribution >= 0.6 is 0 Å². The first-order valence-corrected chi connectivity index (χ1v) is 8.40. The Kier molecular flexibility index (Phi) is 6.98. The fraction of sp³-hybridized carbons (Fsp3) is 0.300. The minimum Gasteiger partial charge on any atom is -0.490 e. The number of aromatic nitrogens is 1. The van der Waals surface area contributed by atoms with Gasteiger partial charge in [0.1, 0.15) is 5.82 Å². The molecule has 26 heavy (non-hydrogen) atoms. The number of ether oxygens (including phenoxy) is 1. The van der Waals surface area contributed by atoms with Crippen LogP contribution in [0.2, 0.25) is 0 Å². The Bertz CT molecular complexity index is 841. The number of hydrogen-bond acceptors (Lipinski definition) is 4. The summed E-state index contributed by atoms with van der Waals surface area (Å²) in [6, 6.07) is 8.12. The lowest BCUT2D eigenvalue weighted by molar-refractivity contribution is 0.0951. The molecule has 0 saturated heterocycles. The number of anilines is 1. The van der Waals surface area contributed by atoms with Gasteiger partial charge in [0.05, 0.1) is 12.2 Å². The summed E-state index contributed by atoms with van der Waals surface area (Å²) in [5.74, 6) is 5.26. The third kappa shape index (κ3) is 5.21. The Labute approximate surface area is 152 Å². The highest BCUT2D eigenvalue weighted by atomic mass is 19.1. The number of carbonyl (C=O) groups is 1. The van der Waals surface area contributed by atoms with Crippen LogP contribution in [-0.4, -0.2) is 17.5 Å². The largest absolute Gasteiger partial charge is 0.490 e. The Hall–Kier alpha value is -3.07. The first kappa shape index (κ1) is 19.3. The maximum atomic E-state index is 14.5. The van der Waals surface area contributed by atoms with Crippen molar-refractivity contribution in [1.29, 1.82) is 0 Å². The van der Waals surface area contributed by atoms with E-state index in [1.54, 1.807) is 37.3 Å². The fourth-order valence-electron chi connectivity index (χ4n) is 2.27. The second kappa shape index (κ2) is 9.42. The molecule has 0 saturated carbocycles. The maximum Gasteiger partial charge on any atom is 0.255 e. The van der Waals surface area contributed by atoms with Gasteiger partial charge in [-0.15, -0.1) is 5.92 Å². The Balaban J connectivity index is 1.99. The first-order valence-electron chi connectivity index (χ1n) is 8.40. The van der Waals surface area contributed by atoms with Gasteiger partial charge < -0.3 is 15.8 Å². The number of halogens is 1. The molecule has 0 atom stereocenters. The third-order valence-corrected chi connectivity index (χ3v) is 3.58. The number of amides is 1. The molecule has 136 valence electrons. The molecule has 0 fully saturated rings. The standard InChI is InChI=1S/C20H22FN3O2/c1-3-4-5-6-12-26-17-9-7-8-15(18(17)21)13-23-20(25)16-11-10-14(2)24-19(16)22/h7-11H,3,6,12-13H2,1-2H3,(H2,22,24)(H,23,25). The van der Waals surface area contributed by atoms with Crippen LogP contribution in [0.25, 0.3) is 0 Å². The predicted octanol–water partition coefficient (Wildman–Crippen LogP) is 3.22. The van der Waals surface area contributed by atoms with Gasteiger partial charge >= 0.3 is 0 Å². The third-order valence-electron chi connectivity index (χ3n) is 3.58. The van der Waals surface area contributed by atoms with Gasteiger partial charge in [-0.2, -0.15) is 0 Å². The molecule has 2 rings (SSSR count). The van der Waals surface area contributed by atoms with E-state index in [4.69, 9.17) is 10.5 Å². The van der Waals surface area contributed by atoms with Crippen LogP contribution in [0, 0.1) is 24.6 Å². The molecule has 0 aliphatic heterocycles. The molecule has 0 radical (unpaired) electrons. The van der Waals surface area contributed by atoms with E-state index in [0.29, 0.717) is 18.6 Å². The second-order valence-corrected chi connectivity index (χ2v) is 5.60. The molecule has 2 aromatic rings. The van der Waals surface area contributed by atoms with Crippen LogP contribution in [0.15, 0.2) is 30.3 Å². The highest BCUT2D eigenvalue weighted by molar-refractivity contribution is 5.98. The number of pyridine rings is 1. The summed E-state index contributed by atoms with van der Waals surface area (Å²) in [4.78, 5) is 16.3. The van der Waals surface area contributed by atoms with Gasteiger partial charge in [0.25, 0.3) is 5.91 Å². The van der Waals surface area contributed by atoms with E-state index in [9.17, 15) is 9.18 Å². The average Bonchev–Trinajstić information content (AvgIpc) is 2.61. The smallest absolute Gasteiger partial charge is 0.255 e. The summed E-state index contributed by atoms with van der Waals surface area (Å²) in [5.41, 5.74) is 7.07. The molecule has 3 N–H and O–H groups in total. The lowest BCUT2D eigenvalue weighted by atomic mass is 10.1. The quantitative estimate of drug-likeness (QED) is 0.616. The van der Waals surface area contributed by atoms with Crippen molar-refractivity contribution in [2.45, 2.75) is 33.2 Å². The predicted molar refractivity (Wildman–Crippen MR) is 99.1 cm³/mol. The van der Waals surface area contributed by atoms with Crippen molar-refractivity contribution in [3.63, 3.8) is 0 Å². The second-order valence-electron chi connectivity index (χ2n) is 5.60. The zero-order valence-electron chi connectivity index (χ0n) is 14.9. The molecular formula is C20H22FN3O2. The zero-order valence-corrected chi connectivity index (χ0v) is 14.9. The molecule has 1 heterocycles. The Morgan fingerprint density at radius 1 is 1.31 bits per heavy atom. The number of aryl methyl sites for hydroxylation is 1. The molecule has 0 unspecified atom stereocenters. The summed E-state index contributed by atoms with van der Waals surface area (Å²) in [7, 11) is 0.